The van der Waals surface area contributed by atoms with Gasteiger partial charge in [0.25, 0.3) is 0 Å². The van der Waals surface area contributed by atoms with Crippen LogP contribution in [-0.2, 0) is 36.9 Å². The molecule has 1 saturated heterocycles. The fourth-order valence-electron chi connectivity index (χ4n) is 5.46. The van der Waals surface area contributed by atoms with E-state index in [1.807, 2.05) is 72.7 Å². The first kappa shape index (κ1) is 27.8. The Kier molecular flexibility index (Phi) is 7.68. The molecule has 2 aromatic rings. The second kappa shape index (κ2) is 10.5. The summed E-state index contributed by atoms with van der Waals surface area (Å²) in [4.78, 5) is 42.2. The summed E-state index contributed by atoms with van der Waals surface area (Å²) in [7, 11) is 0. The van der Waals surface area contributed by atoms with Gasteiger partial charge in [-0.25, -0.2) is 4.79 Å². The quantitative estimate of drug-likeness (QED) is 0.601. The zero-order valence-corrected chi connectivity index (χ0v) is 23.4. The topological polar surface area (TPSA) is 96.4 Å². The number of carbonyl (C=O) groups is 3. The van der Waals surface area contributed by atoms with E-state index < -0.39 is 29.5 Å². The normalized spacial score (nSPS) is 18.3. The molecular weight excluding hydrogens is 484 g/mol. The van der Waals surface area contributed by atoms with E-state index in [4.69, 9.17) is 9.47 Å². The average Bonchev–Trinajstić information content (AvgIpc) is 3.30. The van der Waals surface area contributed by atoms with Gasteiger partial charge in [0, 0.05) is 25.2 Å². The fraction of sp³-hybridized carbons (Fsp3) is 0.500. The second-order valence-electron chi connectivity index (χ2n) is 11.4. The highest BCUT2D eigenvalue weighted by Gasteiger charge is 2.39. The molecule has 38 heavy (non-hydrogen) atoms. The van der Waals surface area contributed by atoms with E-state index in [-0.39, 0.29) is 12.6 Å². The number of rotatable bonds is 4. The first-order valence-electron chi connectivity index (χ1n) is 13.1. The minimum atomic E-state index is -1.20. The Morgan fingerprint density at radius 1 is 1.00 bits per heavy atom. The standard InChI is InChI=1S/C30H38N2O6/c1-17-8-10-21(11-9-17)24-19(3)22-14-31(27(33)28(34)32-12-13-37-16-18(32)2)15-23(22)20(4)25(24)26(29(35)36)38-30(5,6)7/h8-11,18,26H,12-16H2,1-7H3,(H,35,36)/t18?,26-/m0/s1. The first-order chi connectivity index (χ1) is 17.8. The Hall–Kier alpha value is -3.23. The molecule has 0 aromatic heterocycles. The largest absolute Gasteiger partial charge is 0.479 e. The molecule has 204 valence electrons. The van der Waals surface area contributed by atoms with Crippen LogP contribution in [0, 0.1) is 20.8 Å². The Morgan fingerprint density at radius 2 is 1.61 bits per heavy atom. The highest BCUT2D eigenvalue weighted by atomic mass is 16.5. The lowest BCUT2D eigenvalue weighted by Gasteiger charge is -2.33. The van der Waals surface area contributed by atoms with Crippen LogP contribution in [0.25, 0.3) is 11.1 Å². The highest BCUT2D eigenvalue weighted by molar-refractivity contribution is 6.35. The number of fused-ring (bicyclic) bond motifs is 1. The number of benzene rings is 2. The van der Waals surface area contributed by atoms with Crippen molar-refractivity contribution < 1.29 is 29.0 Å². The van der Waals surface area contributed by atoms with Crippen LogP contribution < -0.4 is 0 Å². The maximum absolute atomic E-state index is 13.4. The van der Waals surface area contributed by atoms with Gasteiger partial charge in [-0.2, -0.15) is 0 Å². The summed E-state index contributed by atoms with van der Waals surface area (Å²) >= 11 is 0. The van der Waals surface area contributed by atoms with Crippen LogP contribution in [-0.4, -0.2) is 64.1 Å². The van der Waals surface area contributed by atoms with Crippen LogP contribution in [0.1, 0.15) is 67.2 Å². The molecule has 0 aliphatic carbocycles. The number of carboxylic acids is 1. The first-order valence-corrected chi connectivity index (χ1v) is 13.1. The monoisotopic (exact) mass is 522 g/mol. The maximum Gasteiger partial charge on any atom is 0.337 e. The summed E-state index contributed by atoms with van der Waals surface area (Å²) in [5.74, 6) is -2.14. The van der Waals surface area contributed by atoms with Crippen LogP contribution in [0.15, 0.2) is 24.3 Å². The van der Waals surface area contributed by atoms with Crippen LogP contribution in [0.5, 0.6) is 0 Å². The minimum Gasteiger partial charge on any atom is -0.479 e. The lowest BCUT2D eigenvalue weighted by atomic mass is 9.83. The molecule has 8 heteroatoms. The molecule has 1 unspecified atom stereocenters. The van der Waals surface area contributed by atoms with Crippen molar-refractivity contribution >= 4 is 17.8 Å². The van der Waals surface area contributed by atoms with Crippen molar-refractivity contribution in [2.75, 3.05) is 19.8 Å². The Balaban J connectivity index is 1.81. The fourth-order valence-corrected chi connectivity index (χ4v) is 5.46. The molecule has 0 radical (unpaired) electrons. The van der Waals surface area contributed by atoms with Gasteiger partial charge in [0.15, 0.2) is 6.10 Å². The number of aliphatic carboxylic acids is 1. The molecule has 8 nitrogen and oxygen atoms in total. The smallest absolute Gasteiger partial charge is 0.337 e. The molecule has 2 amide bonds. The van der Waals surface area contributed by atoms with E-state index in [9.17, 15) is 19.5 Å². The number of hydrogen-bond donors (Lipinski definition) is 1. The number of morpholine rings is 1. The van der Waals surface area contributed by atoms with E-state index in [1.165, 1.54) is 0 Å². The van der Waals surface area contributed by atoms with Crippen LogP contribution in [0.4, 0.5) is 0 Å². The van der Waals surface area contributed by atoms with Crippen molar-refractivity contribution in [1.29, 1.82) is 0 Å². The lowest BCUT2D eigenvalue weighted by molar-refractivity contribution is -0.160. The van der Waals surface area contributed by atoms with Gasteiger partial charge in [0.1, 0.15) is 0 Å². The van der Waals surface area contributed by atoms with E-state index in [2.05, 4.69) is 0 Å². The number of aryl methyl sites for hydroxylation is 1. The van der Waals surface area contributed by atoms with Gasteiger partial charge in [-0.15, -0.1) is 0 Å². The summed E-state index contributed by atoms with van der Waals surface area (Å²) in [6.45, 7) is 15.0. The van der Waals surface area contributed by atoms with Crippen LogP contribution >= 0.6 is 0 Å². The van der Waals surface area contributed by atoms with Crippen LogP contribution in [0.2, 0.25) is 0 Å². The Labute approximate surface area is 224 Å². The molecule has 2 aliphatic rings. The molecule has 2 atom stereocenters. The van der Waals surface area contributed by atoms with E-state index in [0.717, 1.165) is 38.9 Å². The SMILES string of the molecule is Cc1ccc(-c2c(C)c3c(c(C)c2[C@H](OC(C)(C)C)C(=O)O)CN(C(=O)C(=O)N2CCOCC2C)C3)cc1. The van der Waals surface area contributed by atoms with Gasteiger partial charge in [0.05, 0.1) is 24.9 Å². The van der Waals surface area contributed by atoms with Crippen LogP contribution in [0.3, 0.4) is 0 Å². The molecule has 1 fully saturated rings. The van der Waals surface area contributed by atoms with Gasteiger partial charge < -0.3 is 24.4 Å². The van der Waals surface area contributed by atoms with Crippen molar-refractivity contribution in [2.24, 2.45) is 0 Å². The van der Waals surface area contributed by atoms with Crippen molar-refractivity contribution in [3.8, 4) is 11.1 Å². The lowest BCUT2D eigenvalue weighted by Crippen LogP contribution is -2.52. The number of ether oxygens (including phenoxy) is 2. The van der Waals surface area contributed by atoms with Gasteiger partial charge in [0.2, 0.25) is 0 Å². The van der Waals surface area contributed by atoms with Crippen molar-refractivity contribution in [2.45, 2.75) is 79.3 Å². The Bertz CT molecular complexity index is 1260. The molecule has 2 aliphatic heterocycles. The zero-order chi connectivity index (χ0) is 27.9. The maximum atomic E-state index is 13.4. The average molecular weight is 523 g/mol. The number of nitrogens with zero attached hydrogens (tertiary/aromatic N) is 2. The predicted octanol–water partition coefficient (Wildman–Crippen LogP) is 4.31. The summed E-state index contributed by atoms with van der Waals surface area (Å²) < 4.78 is 11.5. The minimum absolute atomic E-state index is 0.167. The van der Waals surface area contributed by atoms with Gasteiger partial charge in [-0.05, 0) is 81.8 Å². The zero-order valence-electron chi connectivity index (χ0n) is 23.4. The predicted molar refractivity (Wildman–Crippen MR) is 144 cm³/mol. The molecule has 4 rings (SSSR count). The highest BCUT2D eigenvalue weighted by Crippen LogP contribution is 2.43. The van der Waals surface area contributed by atoms with E-state index >= 15 is 0 Å². The number of amides is 2. The summed E-state index contributed by atoms with van der Waals surface area (Å²) in [6, 6.07) is 7.81. The number of hydrogen-bond acceptors (Lipinski definition) is 5. The summed E-state index contributed by atoms with van der Waals surface area (Å²) in [5.41, 5.74) is 6.20. The van der Waals surface area contributed by atoms with Gasteiger partial charge in [-0.3, -0.25) is 9.59 Å². The molecule has 1 N–H and O–H groups in total. The summed E-state index contributed by atoms with van der Waals surface area (Å²) in [5, 5.41) is 10.3. The molecule has 0 saturated carbocycles. The molecular formula is C30H38N2O6. The number of carboxylic acid groups (broad SMARTS) is 1. The van der Waals surface area contributed by atoms with E-state index in [1.54, 1.807) is 9.80 Å². The molecule has 0 spiro atoms. The third-order valence-corrected chi connectivity index (χ3v) is 7.41. The number of carbonyl (C=O) groups excluding carboxylic acids is 2. The third-order valence-electron chi connectivity index (χ3n) is 7.41. The van der Waals surface area contributed by atoms with Crippen molar-refractivity contribution in [3.05, 3.63) is 57.6 Å². The second-order valence-corrected chi connectivity index (χ2v) is 11.4. The van der Waals surface area contributed by atoms with Crippen molar-refractivity contribution in [3.63, 3.8) is 0 Å². The van der Waals surface area contributed by atoms with Gasteiger partial charge >= 0.3 is 17.8 Å². The summed E-state index contributed by atoms with van der Waals surface area (Å²) in [6.07, 6.45) is -1.20. The van der Waals surface area contributed by atoms with Gasteiger partial charge in [-0.1, -0.05) is 29.8 Å². The van der Waals surface area contributed by atoms with Crippen molar-refractivity contribution in [1.82, 2.24) is 9.80 Å². The molecule has 2 heterocycles. The van der Waals surface area contributed by atoms with E-state index in [0.29, 0.717) is 31.9 Å². The Morgan fingerprint density at radius 3 is 2.16 bits per heavy atom. The molecule has 0 bridgehead atoms. The molecule has 2 aromatic carbocycles. The third kappa shape index (κ3) is 5.33.